The van der Waals surface area contributed by atoms with Crippen molar-refractivity contribution < 1.29 is 4.79 Å². The monoisotopic (exact) mass is 360 g/mol. The molecule has 1 aromatic heterocycles. The second-order valence-electron chi connectivity index (χ2n) is 6.84. The van der Waals surface area contributed by atoms with Crippen LogP contribution in [-0.2, 0) is 17.1 Å². The predicted molar refractivity (Wildman–Crippen MR) is 105 cm³/mol. The zero-order valence-electron chi connectivity index (χ0n) is 14.9. The normalized spacial score (nSPS) is 16.9. The number of fused-ring (bicyclic) bond motifs is 1. The second-order valence-corrected chi connectivity index (χ2v) is 7.71. The summed E-state index contributed by atoms with van der Waals surface area (Å²) in [4.78, 5) is 17.4. The van der Waals surface area contributed by atoms with Gasteiger partial charge in [0.05, 0.1) is 16.8 Å². The lowest BCUT2D eigenvalue weighted by Gasteiger charge is -2.30. The Bertz CT molecular complexity index is 709. The van der Waals surface area contributed by atoms with Gasteiger partial charge in [-0.2, -0.15) is 11.8 Å². The van der Waals surface area contributed by atoms with E-state index in [-0.39, 0.29) is 11.9 Å². The summed E-state index contributed by atoms with van der Waals surface area (Å²) in [5.41, 5.74) is 7.92. The van der Waals surface area contributed by atoms with E-state index in [0.717, 1.165) is 22.6 Å². The van der Waals surface area contributed by atoms with Crippen molar-refractivity contribution in [1.82, 2.24) is 14.9 Å². The van der Waals surface area contributed by atoms with Gasteiger partial charge in [0.15, 0.2) is 0 Å². The topological polar surface area (TPSA) is 72.9 Å². The van der Waals surface area contributed by atoms with Crippen LogP contribution in [0.2, 0.25) is 0 Å². The Hall–Kier alpha value is -1.53. The van der Waals surface area contributed by atoms with E-state index in [2.05, 4.69) is 16.6 Å². The Labute approximate surface area is 153 Å². The van der Waals surface area contributed by atoms with E-state index in [0.29, 0.717) is 19.0 Å². The molecular weight excluding hydrogens is 332 g/mol. The molecule has 1 saturated carbocycles. The Morgan fingerprint density at radius 2 is 2.12 bits per heavy atom. The highest BCUT2D eigenvalue weighted by atomic mass is 32.2. The minimum atomic E-state index is 0.0338. The van der Waals surface area contributed by atoms with E-state index in [1.165, 1.54) is 32.1 Å². The molecule has 25 heavy (non-hydrogen) atoms. The maximum atomic E-state index is 12.7. The molecular formula is C19H28N4OS. The SMILES string of the molecule is CSCc1nc2ccccc2n1CC(=O)NC(CN)C1CCCCC1. The van der Waals surface area contributed by atoms with Gasteiger partial charge >= 0.3 is 0 Å². The molecule has 6 heteroatoms. The third kappa shape index (κ3) is 4.36. The molecule has 0 radical (unpaired) electrons. The maximum Gasteiger partial charge on any atom is 0.240 e. The molecule has 3 rings (SSSR count). The summed E-state index contributed by atoms with van der Waals surface area (Å²) < 4.78 is 2.04. The lowest BCUT2D eigenvalue weighted by atomic mass is 9.84. The molecule has 1 aliphatic rings. The third-order valence-electron chi connectivity index (χ3n) is 5.13. The van der Waals surface area contributed by atoms with Crippen molar-refractivity contribution in [1.29, 1.82) is 0 Å². The van der Waals surface area contributed by atoms with Gasteiger partial charge in [0.1, 0.15) is 12.4 Å². The third-order valence-corrected chi connectivity index (χ3v) is 5.67. The number of rotatable bonds is 7. The minimum Gasteiger partial charge on any atom is -0.350 e. The molecule has 1 unspecified atom stereocenters. The fourth-order valence-corrected chi connectivity index (χ4v) is 4.32. The van der Waals surface area contributed by atoms with E-state index in [4.69, 9.17) is 5.73 Å². The zero-order valence-corrected chi connectivity index (χ0v) is 15.7. The molecule has 136 valence electrons. The van der Waals surface area contributed by atoms with Crippen molar-refractivity contribution in [3.63, 3.8) is 0 Å². The number of carbonyl (C=O) groups is 1. The molecule has 1 atom stereocenters. The lowest BCUT2D eigenvalue weighted by molar-refractivity contribution is -0.122. The first-order chi connectivity index (χ1) is 12.2. The molecule has 1 heterocycles. The minimum absolute atomic E-state index is 0.0338. The molecule has 1 fully saturated rings. The van der Waals surface area contributed by atoms with Gasteiger partial charge in [0, 0.05) is 12.6 Å². The number of carbonyl (C=O) groups excluding carboxylic acids is 1. The summed E-state index contributed by atoms with van der Waals surface area (Å²) in [5, 5.41) is 3.19. The number of nitrogens with one attached hydrogen (secondary N) is 1. The summed E-state index contributed by atoms with van der Waals surface area (Å²) >= 11 is 1.72. The number of hydrogen-bond donors (Lipinski definition) is 2. The largest absolute Gasteiger partial charge is 0.350 e. The van der Waals surface area contributed by atoms with Gasteiger partial charge in [-0.15, -0.1) is 0 Å². The molecule has 0 bridgehead atoms. The highest BCUT2D eigenvalue weighted by Gasteiger charge is 2.24. The first-order valence-electron chi connectivity index (χ1n) is 9.15. The highest BCUT2D eigenvalue weighted by molar-refractivity contribution is 7.97. The highest BCUT2D eigenvalue weighted by Crippen LogP contribution is 2.26. The molecule has 1 amide bonds. The predicted octanol–water partition coefficient (Wildman–Crippen LogP) is 2.92. The smallest absolute Gasteiger partial charge is 0.240 e. The summed E-state index contributed by atoms with van der Waals surface area (Å²) in [7, 11) is 0. The molecule has 2 aromatic rings. The first kappa shape index (κ1) is 18.3. The Morgan fingerprint density at radius 3 is 2.84 bits per heavy atom. The Morgan fingerprint density at radius 1 is 1.36 bits per heavy atom. The van der Waals surface area contributed by atoms with E-state index >= 15 is 0 Å². The van der Waals surface area contributed by atoms with Gasteiger partial charge < -0.3 is 15.6 Å². The maximum absolute atomic E-state index is 12.7. The summed E-state index contributed by atoms with van der Waals surface area (Å²) in [6.07, 6.45) is 8.21. The average molecular weight is 361 g/mol. The van der Waals surface area contributed by atoms with Gasteiger partial charge in [-0.3, -0.25) is 4.79 Å². The summed E-state index contributed by atoms with van der Waals surface area (Å²) in [6.45, 7) is 0.818. The van der Waals surface area contributed by atoms with Crippen LogP contribution in [0, 0.1) is 5.92 Å². The van der Waals surface area contributed by atoms with Crippen LogP contribution in [0.5, 0.6) is 0 Å². The number of amides is 1. The van der Waals surface area contributed by atoms with Crippen LogP contribution >= 0.6 is 11.8 Å². The van der Waals surface area contributed by atoms with Gasteiger partial charge in [0.2, 0.25) is 5.91 Å². The summed E-state index contributed by atoms with van der Waals surface area (Å²) in [6, 6.07) is 8.09. The summed E-state index contributed by atoms with van der Waals surface area (Å²) in [5.74, 6) is 2.30. The molecule has 3 N–H and O–H groups in total. The van der Waals surface area contributed by atoms with Gasteiger partial charge in [-0.05, 0) is 37.1 Å². The quantitative estimate of drug-likeness (QED) is 0.796. The molecule has 0 saturated heterocycles. The number of para-hydroxylation sites is 2. The van der Waals surface area contributed by atoms with Crippen LogP contribution in [-0.4, -0.2) is 34.3 Å². The van der Waals surface area contributed by atoms with E-state index in [1.807, 2.05) is 28.8 Å². The number of aromatic nitrogens is 2. The molecule has 0 aliphatic heterocycles. The number of thioether (sulfide) groups is 1. The number of nitrogens with zero attached hydrogens (tertiary/aromatic N) is 2. The Kier molecular flexibility index (Phi) is 6.37. The van der Waals surface area contributed by atoms with Crippen LogP contribution in [0.4, 0.5) is 0 Å². The fraction of sp³-hybridized carbons (Fsp3) is 0.579. The van der Waals surface area contributed by atoms with Gasteiger partial charge in [-0.25, -0.2) is 4.98 Å². The number of benzene rings is 1. The van der Waals surface area contributed by atoms with Crippen molar-refractivity contribution in [2.75, 3.05) is 12.8 Å². The van der Waals surface area contributed by atoms with Crippen molar-refractivity contribution in [2.45, 2.75) is 50.4 Å². The number of imidazole rings is 1. The van der Waals surface area contributed by atoms with Gasteiger partial charge in [0.25, 0.3) is 0 Å². The van der Waals surface area contributed by atoms with Gasteiger partial charge in [-0.1, -0.05) is 31.4 Å². The number of hydrogen-bond acceptors (Lipinski definition) is 4. The van der Waals surface area contributed by atoms with E-state index < -0.39 is 0 Å². The van der Waals surface area contributed by atoms with Crippen LogP contribution < -0.4 is 11.1 Å². The van der Waals surface area contributed by atoms with Crippen molar-refractivity contribution in [3.05, 3.63) is 30.1 Å². The van der Waals surface area contributed by atoms with Crippen LogP contribution in [0.3, 0.4) is 0 Å². The van der Waals surface area contributed by atoms with Crippen LogP contribution in [0.25, 0.3) is 11.0 Å². The van der Waals surface area contributed by atoms with Crippen LogP contribution in [0.15, 0.2) is 24.3 Å². The van der Waals surface area contributed by atoms with Crippen molar-refractivity contribution in [3.8, 4) is 0 Å². The lowest BCUT2D eigenvalue weighted by Crippen LogP contribution is -2.47. The van der Waals surface area contributed by atoms with Crippen molar-refractivity contribution >= 4 is 28.7 Å². The van der Waals surface area contributed by atoms with E-state index in [1.54, 1.807) is 11.8 Å². The molecule has 1 aliphatic carbocycles. The average Bonchev–Trinajstić information content (AvgIpc) is 2.98. The Balaban J connectivity index is 1.73. The number of nitrogens with two attached hydrogens (primary N) is 1. The van der Waals surface area contributed by atoms with Crippen molar-refractivity contribution in [2.24, 2.45) is 11.7 Å². The molecule has 5 nitrogen and oxygen atoms in total. The second kappa shape index (κ2) is 8.72. The molecule has 1 aromatic carbocycles. The first-order valence-corrected chi connectivity index (χ1v) is 10.5. The van der Waals surface area contributed by atoms with Crippen LogP contribution in [0.1, 0.15) is 37.9 Å². The fourth-order valence-electron chi connectivity index (χ4n) is 3.84. The standard InChI is InChI=1S/C19H28N4OS/c1-25-13-18-21-15-9-5-6-10-17(15)23(18)12-19(24)22-16(11-20)14-7-3-2-4-8-14/h5-6,9-10,14,16H,2-4,7-8,11-13,20H2,1H3,(H,22,24). The zero-order chi connectivity index (χ0) is 17.6. The van der Waals surface area contributed by atoms with E-state index in [9.17, 15) is 4.79 Å². The molecule has 0 spiro atoms.